The van der Waals surface area contributed by atoms with Crippen LogP contribution in [0.5, 0.6) is 0 Å². The van der Waals surface area contributed by atoms with Gasteiger partial charge in [0.1, 0.15) is 19.3 Å². The summed E-state index contributed by atoms with van der Waals surface area (Å²) in [4.78, 5) is 67.0. The summed E-state index contributed by atoms with van der Waals surface area (Å²) in [7, 11) is 1.46. The van der Waals surface area contributed by atoms with Crippen LogP contribution in [-0.4, -0.2) is 121 Å². The quantitative estimate of drug-likeness (QED) is 0.0528. The number of rotatable bonds is 28. The SMILES string of the molecule is CC.CC.CC(=O)OCc1ccc(NC(=O)CCCCNC(N)=O)cc1.COCC(=O)NCCOCCOCCOCCOCCC(=O)NC(C(N)=O)C(C)C. The number of methoxy groups -OCH3 is 1. The maximum absolute atomic E-state index is 11.8. The number of primary amides is 2. The van der Waals surface area contributed by atoms with Crippen LogP contribution in [0, 0.1) is 5.92 Å². The Balaban J connectivity index is -0.000000954. The van der Waals surface area contributed by atoms with Crippen LogP contribution in [0.1, 0.15) is 79.7 Å². The molecule has 324 valence electrons. The van der Waals surface area contributed by atoms with Crippen molar-refractivity contribution >= 4 is 41.3 Å². The van der Waals surface area contributed by atoms with Gasteiger partial charge in [-0.05, 0) is 36.5 Å². The van der Waals surface area contributed by atoms with Crippen molar-refractivity contribution in [1.29, 1.82) is 0 Å². The first kappa shape index (κ1) is 56.0. The summed E-state index contributed by atoms with van der Waals surface area (Å²) in [5.74, 6) is -1.49. The Hall–Kier alpha value is -4.36. The van der Waals surface area contributed by atoms with E-state index in [9.17, 15) is 28.8 Å². The molecule has 1 unspecified atom stereocenters. The van der Waals surface area contributed by atoms with E-state index in [1.54, 1.807) is 24.3 Å². The van der Waals surface area contributed by atoms with E-state index in [-0.39, 0.29) is 55.9 Å². The number of nitrogens with two attached hydrogens (primary N) is 2. The largest absolute Gasteiger partial charge is 0.461 e. The number of urea groups is 1. The molecular weight excluding hydrogens is 732 g/mol. The van der Waals surface area contributed by atoms with Crippen LogP contribution >= 0.6 is 0 Å². The molecule has 0 saturated heterocycles. The highest BCUT2D eigenvalue weighted by Crippen LogP contribution is 2.11. The molecule has 0 aliphatic rings. The van der Waals surface area contributed by atoms with Crippen molar-refractivity contribution in [1.82, 2.24) is 16.0 Å². The molecule has 1 aromatic rings. The molecule has 0 aliphatic heterocycles. The first-order valence-electron chi connectivity index (χ1n) is 19.1. The summed E-state index contributed by atoms with van der Waals surface area (Å²) in [5.41, 5.74) is 11.7. The molecule has 0 spiro atoms. The highest BCUT2D eigenvalue weighted by molar-refractivity contribution is 5.90. The predicted molar refractivity (Wildman–Crippen MR) is 213 cm³/mol. The predicted octanol–water partition coefficient (Wildman–Crippen LogP) is 2.41. The number of hydrogen-bond donors (Lipinski definition) is 6. The van der Waals surface area contributed by atoms with Crippen molar-refractivity contribution in [3.05, 3.63) is 29.8 Å². The fourth-order valence-corrected chi connectivity index (χ4v) is 3.90. The number of esters is 1. The van der Waals surface area contributed by atoms with E-state index >= 15 is 0 Å². The molecule has 56 heavy (non-hydrogen) atoms. The Morgan fingerprint density at radius 2 is 1.20 bits per heavy atom. The Labute approximate surface area is 333 Å². The lowest BCUT2D eigenvalue weighted by Gasteiger charge is -2.18. The van der Waals surface area contributed by atoms with Gasteiger partial charge in [0, 0.05) is 45.7 Å². The molecule has 8 N–H and O–H groups in total. The number of carbonyl (C=O) groups excluding carboxylic acids is 6. The number of unbranched alkanes of at least 4 members (excludes halogenated alkanes) is 1. The fraction of sp³-hybridized carbons (Fsp3) is 0.684. The summed E-state index contributed by atoms with van der Waals surface area (Å²) in [6.07, 6.45) is 1.87. The van der Waals surface area contributed by atoms with Gasteiger partial charge in [-0.1, -0.05) is 53.7 Å². The number of amides is 6. The van der Waals surface area contributed by atoms with Crippen molar-refractivity contribution in [3.63, 3.8) is 0 Å². The minimum absolute atomic E-state index is 0.0408. The highest BCUT2D eigenvalue weighted by Gasteiger charge is 2.21. The van der Waals surface area contributed by atoms with Gasteiger partial charge in [-0.25, -0.2) is 4.79 Å². The molecule has 0 saturated carbocycles. The van der Waals surface area contributed by atoms with E-state index in [0.717, 1.165) is 5.56 Å². The van der Waals surface area contributed by atoms with Gasteiger partial charge in [-0.15, -0.1) is 0 Å². The van der Waals surface area contributed by atoms with Crippen LogP contribution in [-0.2, 0) is 59.0 Å². The lowest BCUT2D eigenvalue weighted by Crippen LogP contribution is -2.47. The first-order valence-corrected chi connectivity index (χ1v) is 19.1. The summed E-state index contributed by atoms with van der Waals surface area (Å²) < 4.78 is 30.9. The summed E-state index contributed by atoms with van der Waals surface area (Å²) in [6, 6.07) is 5.85. The Morgan fingerprint density at radius 1 is 0.661 bits per heavy atom. The number of benzene rings is 1. The van der Waals surface area contributed by atoms with Gasteiger partial charge in [-0.3, -0.25) is 24.0 Å². The topological polar surface area (TPSA) is 258 Å². The zero-order chi connectivity index (χ0) is 43.0. The average Bonchev–Trinajstić information content (AvgIpc) is 3.16. The molecule has 0 radical (unpaired) electrons. The maximum atomic E-state index is 11.8. The molecule has 6 amide bonds. The first-order chi connectivity index (χ1) is 26.8. The Bertz CT molecular complexity index is 1170. The number of anilines is 1. The lowest BCUT2D eigenvalue weighted by molar-refractivity contribution is -0.142. The maximum Gasteiger partial charge on any atom is 0.312 e. The van der Waals surface area contributed by atoms with Crippen molar-refractivity contribution in [2.45, 2.75) is 86.8 Å². The van der Waals surface area contributed by atoms with E-state index in [1.807, 2.05) is 41.5 Å². The van der Waals surface area contributed by atoms with Gasteiger partial charge in [0.15, 0.2) is 0 Å². The van der Waals surface area contributed by atoms with Crippen LogP contribution in [0.2, 0.25) is 0 Å². The molecule has 1 aromatic carbocycles. The van der Waals surface area contributed by atoms with E-state index in [0.29, 0.717) is 84.3 Å². The lowest BCUT2D eigenvalue weighted by atomic mass is 10.0. The van der Waals surface area contributed by atoms with E-state index < -0.39 is 18.0 Å². The fourth-order valence-electron chi connectivity index (χ4n) is 3.90. The van der Waals surface area contributed by atoms with Crippen molar-refractivity contribution in [2.75, 3.05) is 85.0 Å². The zero-order valence-electron chi connectivity index (χ0n) is 34.8. The van der Waals surface area contributed by atoms with E-state index in [1.165, 1.54) is 14.0 Å². The molecule has 0 aromatic heterocycles. The van der Waals surface area contributed by atoms with Crippen molar-refractivity contribution < 1.29 is 57.2 Å². The van der Waals surface area contributed by atoms with Crippen molar-refractivity contribution in [3.8, 4) is 0 Å². The van der Waals surface area contributed by atoms with Gasteiger partial charge >= 0.3 is 12.0 Å². The Kier molecular flexibility index (Phi) is 40.3. The normalized spacial score (nSPS) is 10.5. The van der Waals surface area contributed by atoms with Gasteiger partial charge in [-0.2, -0.15) is 0 Å². The van der Waals surface area contributed by atoms with Crippen molar-refractivity contribution in [2.24, 2.45) is 17.4 Å². The minimum Gasteiger partial charge on any atom is -0.461 e. The Morgan fingerprint density at radius 3 is 1.68 bits per heavy atom. The molecule has 1 atom stereocenters. The number of nitrogens with one attached hydrogen (secondary N) is 4. The number of hydrogen-bond acceptors (Lipinski definition) is 12. The molecule has 1 rings (SSSR count). The van der Waals surface area contributed by atoms with Gasteiger partial charge in [0.25, 0.3) is 0 Å². The third-order valence-corrected chi connectivity index (χ3v) is 6.53. The summed E-state index contributed by atoms with van der Waals surface area (Å²) in [5, 5.41) is 10.5. The van der Waals surface area contributed by atoms with Crippen LogP contribution < -0.4 is 32.7 Å². The summed E-state index contributed by atoms with van der Waals surface area (Å²) in [6.45, 7) is 17.2. The second-order valence-corrected chi connectivity index (χ2v) is 11.4. The molecule has 0 aliphatic carbocycles. The van der Waals surface area contributed by atoms with E-state index in [4.69, 9.17) is 35.2 Å². The van der Waals surface area contributed by atoms with Crippen LogP contribution in [0.25, 0.3) is 0 Å². The monoisotopic (exact) mass is 803 g/mol. The van der Waals surface area contributed by atoms with Gasteiger partial charge in [0.2, 0.25) is 23.6 Å². The van der Waals surface area contributed by atoms with Crippen LogP contribution in [0.3, 0.4) is 0 Å². The second-order valence-electron chi connectivity index (χ2n) is 11.4. The molecular formula is C38H70N6O12. The summed E-state index contributed by atoms with van der Waals surface area (Å²) >= 11 is 0. The highest BCUT2D eigenvalue weighted by atomic mass is 16.6. The van der Waals surface area contributed by atoms with Crippen LogP contribution in [0.4, 0.5) is 10.5 Å². The smallest absolute Gasteiger partial charge is 0.312 e. The molecule has 0 bridgehead atoms. The second kappa shape index (κ2) is 40.3. The zero-order valence-corrected chi connectivity index (χ0v) is 34.8. The minimum atomic E-state index is -0.673. The number of carbonyl (C=O) groups is 6. The van der Waals surface area contributed by atoms with Crippen LogP contribution in [0.15, 0.2) is 24.3 Å². The van der Waals surface area contributed by atoms with Gasteiger partial charge < -0.3 is 61.2 Å². The molecule has 18 heteroatoms. The average molecular weight is 803 g/mol. The molecule has 0 heterocycles. The van der Waals surface area contributed by atoms with Gasteiger partial charge in [0.05, 0.1) is 52.9 Å². The third kappa shape index (κ3) is 37.9. The molecule has 0 fully saturated rings. The third-order valence-electron chi connectivity index (χ3n) is 6.53. The number of ether oxygens (including phenoxy) is 6. The molecule has 18 nitrogen and oxygen atoms in total. The van der Waals surface area contributed by atoms with E-state index in [2.05, 4.69) is 26.0 Å². The standard InChI is InChI=1S/C19H37N3O8.C15H21N3O4.2C2H6/c1-15(2)18(19(20)25)22-16(23)4-6-27-8-10-29-12-13-30-11-9-28-7-5-21-17(24)14-26-3;1-11(19)22-10-12-5-7-13(8-6-12)18-14(20)4-2-3-9-17-15(16)21;2*1-2/h15,18H,4-14H2,1-3H3,(H2,20,25)(H,21,24)(H,22,23);5-8H,2-4,9-10H2,1H3,(H,18,20)(H3,16,17,21);2*1-2H3.